The number of hydrogen-bond donors (Lipinski definition) is 2. The van der Waals surface area contributed by atoms with Crippen molar-refractivity contribution >= 4 is 28.7 Å². The minimum absolute atomic E-state index is 0.0153. The molecule has 2 aliphatic heterocycles. The number of amides is 1. The summed E-state index contributed by atoms with van der Waals surface area (Å²) in [6.45, 7) is 5.44. The molecule has 198 valence electrons. The summed E-state index contributed by atoms with van der Waals surface area (Å²) in [5.41, 5.74) is -0.955. The number of aliphatic hydroxyl groups is 1. The molecule has 0 bridgehead atoms. The number of halogens is 3. The lowest BCUT2D eigenvalue weighted by atomic mass is 9.83. The van der Waals surface area contributed by atoms with Crippen LogP contribution in [0.25, 0.3) is 16.7 Å². The van der Waals surface area contributed by atoms with E-state index in [4.69, 9.17) is 4.98 Å². The highest BCUT2D eigenvalue weighted by atomic mass is 19.4. The van der Waals surface area contributed by atoms with E-state index in [1.165, 1.54) is 10.7 Å². The van der Waals surface area contributed by atoms with Crippen LogP contribution in [-0.4, -0.2) is 74.0 Å². The quantitative estimate of drug-likeness (QED) is 0.535. The Morgan fingerprint density at radius 1 is 1.14 bits per heavy atom. The average Bonchev–Trinajstić information content (AvgIpc) is 3.40. The summed E-state index contributed by atoms with van der Waals surface area (Å²) in [6, 6.07) is 4.77. The van der Waals surface area contributed by atoms with Gasteiger partial charge in [0.15, 0.2) is 5.65 Å². The van der Waals surface area contributed by atoms with E-state index in [1.807, 2.05) is 13.8 Å². The lowest BCUT2D eigenvalue weighted by molar-refractivity contribution is -0.137. The number of rotatable bonds is 5. The van der Waals surface area contributed by atoms with Crippen molar-refractivity contribution in [2.45, 2.75) is 50.9 Å². The number of aromatic nitrogens is 4. The zero-order valence-corrected chi connectivity index (χ0v) is 21.0. The number of likely N-dealkylation sites (tertiary alicyclic amines) is 1. The molecular formula is C25H30F3N7O2. The minimum atomic E-state index is -4.49. The second-order valence-electron chi connectivity index (χ2n) is 10.4. The molecule has 12 heteroatoms. The van der Waals surface area contributed by atoms with Crippen molar-refractivity contribution in [2.24, 2.45) is 5.92 Å². The Kier molecular flexibility index (Phi) is 6.25. The van der Waals surface area contributed by atoms with Crippen LogP contribution in [0.2, 0.25) is 0 Å². The van der Waals surface area contributed by atoms with Crippen molar-refractivity contribution in [2.75, 3.05) is 36.9 Å². The molecule has 0 saturated carbocycles. The number of nitrogens with one attached hydrogen (secondary N) is 1. The zero-order valence-electron chi connectivity index (χ0n) is 21.0. The summed E-state index contributed by atoms with van der Waals surface area (Å²) >= 11 is 0. The Hall–Kier alpha value is -3.41. The summed E-state index contributed by atoms with van der Waals surface area (Å²) in [6.07, 6.45) is -1.08. The lowest BCUT2D eigenvalue weighted by Crippen LogP contribution is -2.42. The van der Waals surface area contributed by atoms with Gasteiger partial charge in [-0.2, -0.15) is 28.2 Å². The molecular weight excluding hydrogens is 487 g/mol. The predicted octanol–water partition coefficient (Wildman–Crippen LogP) is 3.46. The topological polar surface area (TPSA) is 99.4 Å². The smallest absolute Gasteiger partial charge is 0.390 e. The molecule has 2 aromatic heterocycles. The Morgan fingerprint density at radius 3 is 2.49 bits per heavy atom. The van der Waals surface area contributed by atoms with Crippen LogP contribution in [-0.2, 0) is 11.0 Å². The van der Waals surface area contributed by atoms with Crippen molar-refractivity contribution in [3.63, 3.8) is 0 Å². The van der Waals surface area contributed by atoms with E-state index in [1.54, 1.807) is 24.2 Å². The Bertz CT molecular complexity index is 1310. The molecule has 3 aromatic rings. The zero-order chi connectivity index (χ0) is 26.5. The van der Waals surface area contributed by atoms with Gasteiger partial charge in [-0.3, -0.25) is 4.79 Å². The first-order chi connectivity index (χ1) is 17.4. The molecule has 1 atom stereocenters. The fourth-order valence-electron chi connectivity index (χ4n) is 5.14. The number of hydrogen-bond acceptors (Lipinski definition) is 7. The number of fused-ring (bicyclic) bond motifs is 1. The van der Waals surface area contributed by atoms with E-state index < -0.39 is 17.3 Å². The number of benzene rings is 1. The molecule has 1 unspecified atom stereocenters. The van der Waals surface area contributed by atoms with Crippen LogP contribution in [0.1, 0.15) is 38.7 Å². The number of piperidine rings is 1. The minimum Gasteiger partial charge on any atom is -0.390 e. The fourth-order valence-corrected chi connectivity index (χ4v) is 5.14. The van der Waals surface area contributed by atoms with E-state index in [-0.39, 0.29) is 29.5 Å². The largest absolute Gasteiger partial charge is 0.416 e. The van der Waals surface area contributed by atoms with Gasteiger partial charge in [0.05, 0.1) is 34.5 Å². The van der Waals surface area contributed by atoms with E-state index in [0.29, 0.717) is 42.9 Å². The van der Waals surface area contributed by atoms with Crippen LogP contribution in [0, 0.1) is 5.92 Å². The molecule has 37 heavy (non-hydrogen) atoms. The van der Waals surface area contributed by atoms with Crippen LogP contribution in [0.15, 0.2) is 30.5 Å². The molecule has 2 N–H and O–H groups in total. The highest BCUT2D eigenvalue weighted by Gasteiger charge is 2.33. The lowest BCUT2D eigenvalue weighted by Gasteiger charge is -2.38. The summed E-state index contributed by atoms with van der Waals surface area (Å²) in [5, 5.41) is 18.7. The molecule has 5 rings (SSSR count). The summed E-state index contributed by atoms with van der Waals surface area (Å²) in [7, 11) is 1.73. The molecule has 1 amide bonds. The summed E-state index contributed by atoms with van der Waals surface area (Å²) < 4.78 is 41.5. The SMILES string of the molecule is CN1CC(Nc2nc(N3CCC(C(C)(C)O)CC3)c3cnn(-c4cccc(C(F)(F)F)c4)c3n2)CC1=O. The Labute approximate surface area is 212 Å². The Morgan fingerprint density at radius 2 is 1.86 bits per heavy atom. The van der Waals surface area contributed by atoms with Crippen molar-refractivity contribution in [3.8, 4) is 5.69 Å². The average molecular weight is 518 g/mol. The first-order valence-electron chi connectivity index (χ1n) is 12.3. The van der Waals surface area contributed by atoms with Crippen LogP contribution < -0.4 is 10.2 Å². The number of anilines is 2. The van der Waals surface area contributed by atoms with Crippen LogP contribution in [0.4, 0.5) is 24.9 Å². The van der Waals surface area contributed by atoms with E-state index >= 15 is 0 Å². The van der Waals surface area contributed by atoms with E-state index in [9.17, 15) is 23.1 Å². The molecule has 4 heterocycles. The Balaban J connectivity index is 1.55. The highest BCUT2D eigenvalue weighted by Crippen LogP contribution is 2.35. The molecule has 2 aliphatic rings. The molecule has 0 spiro atoms. The predicted molar refractivity (Wildman–Crippen MR) is 133 cm³/mol. The normalized spacial score (nSPS) is 19.8. The number of alkyl halides is 3. The number of likely N-dealkylation sites (N-methyl/N-ethyl adjacent to an activating group) is 1. The van der Waals surface area contributed by atoms with Gasteiger partial charge in [-0.05, 0) is 50.8 Å². The molecule has 2 fully saturated rings. The van der Waals surface area contributed by atoms with Crippen molar-refractivity contribution in [1.29, 1.82) is 0 Å². The van der Waals surface area contributed by atoms with Crippen molar-refractivity contribution in [3.05, 3.63) is 36.0 Å². The molecule has 2 saturated heterocycles. The summed E-state index contributed by atoms with van der Waals surface area (Å²) in [5.74, 6) is 1.07. The van der Waals surface area contributed by atoms with Gasteiger partial charge in [0.25, 0.3) is 0 Å². The third-order valence-corrected chi connectivity index (χ3v) is 7.29. The van der Waals surface area contributed by atoms with Crippen LogP contribution in [0.5, 0.6) is 0 Å². The third kappa shape index (κ3) is 5.07. The maximum Gasteiger partial charge on any atom is 0.416 e. The second kappa shape index (κ2) is 9.16. The number of carbonyl (C=O) groups excluding carboxylic acids is 1. The fraction of sp³-hybridized carbons (Fsp3) is 0.520. The van der Waals surface area contributed by atoms with Crippen LogP contribution in [0.3, 0.4) is 0 Å². The van der Waals surface area contributed by atoms with Gasteiger partial charge in [-0.25, -0.2) is 4.68 Å². The first kappa shape index (κ1) is 25.2. The number of nitrogens with zero attached hydrogens (tertiary/aromatic N) is 6. The van der Waals surface area contributed by atoms with E-state index in [0.717, 1.165) is 25.0 Å². The summed E-state index contributed by atoms with van der Waals surface area (Å²) in [4.78, 5) is 25.2. The third-order valence-electron chi connectivity index (χ3n) is 7.29. The van der Waals surface area contributed by atoms with E-state index in [2.05, 4.69) is 20.3 Å². The molecule has 1 aromatic carbocycles. The van der Waals surface area contributed by atoms with Gasteiger partial charge < -0.3 is 20.2 Å². The van der Waals surface area contributed by atoms with Gasteiger partial charge in [-0.15, -0.1) is 0 Å². The highest BCUT2D eigenvalue weighted by molar-refractivity contribution is 5.89. The van der Waals surface area contributed by atoms with Gasteiger partial charge in [0.2, 0.25) is 11.9 Å². The standard InChI is InChI=1S/C25H30F3N7O2/c1-24(2,37)15-7-9-34(10-8-15)21-19-13-29-35(18-6-4-5-16(11-18)25(26,27)28)22(19)32-23(31-21)30-17-12-20(36)33(3)14-17/h4-6,11,13,15,17,37H,7-10,12,14H2,1-3H3,(H,30,31,32). The number of carbonyl (C=O) groups is 1. The first-order valence-corrected chi connectivity index (χ1v) is 12.3. The van der Waals surface area contributed by atoms with Gasteiger partial charge in [0.1, 0.15) is 5.82 Å². The molecule has 0 aliphatic carbocycles. The second-order valence-corrected chi connectivity index (χ2v) is 10.4. The monoisotopic (exact) mass is 517 g/mol. The van der Waals surface area contributed by atoms with Gasteiger partial charge in [0, 0.05) is 33.1 Å². The van der Waals surface area contributed by atoms with Gasteiger partial charge in [-0.1, -0.05) is 6.07 Å². The maximum atomic E-state index is 13.4. The van der Waals surface area contributed by atoms with Crippen molar-refractivity contribution < 1.29 is 23.1 Å². The van der Waals surface area contributed by atoms with Crippen molar-refractivity contribution in [1.82, 2.24) is 24.6 Å². The van der Waals surface area contributed by atoms with Crippen LogP contribution >= 0.6 is 0 Å². The molecule has 9 nitrogen and oxygen atoms in total. The van der Waals surface area contributed by atoms with Gasteiger partial charge >= 0.3 is 6.18 Å². The molecule has 0 radical (unpaired) electrons. The maximum absolute atomic E-state index is 13.4.